The Morgan fingerprint density at radius 1 is 1.57 bits per heavy atom. The second kappa shape index (κ2) is 9.18. The van der Waals surface area contributed by atoms with Crippen molar-refractivity contribution in [2.45, 2.75) is 12.1 Å². The zero-order chi connectivity index (χ0) is 19.7. The third-order valence-electron chi connectivity index (χ3n) is 4.06. The summed E-state index contributed by atoms with van der Waals surface area (Å²) in [5.41, 5.74) is 5.64. The van der Waals surface area contributed by atoms with Gasteiger partial charge in [-0.3, -0.25) is 4.79 Å². The fraction of sp³-hybridized carbons (Fsp3) is 0.333. The molecule has 0 bridgehead atoms. The maximum absolute atomic E-state index is 12.6. The third-order valence-corrected chi connectivity index (χ3v) is 6.01. The Balaban J connectivity index is 0.00000280. The van der Waals surface area contributed by atoms with Gasteiger partial charge < -0.3 is 25.8 Å². The monoisotopic (exact) mass is 433 g/mol. The molecular weight excluding hydrogens is 417 g/mol. The van der Waals surface area contributed by atoms with Gasteiger partial charge in [-0.2, -0.15) is 0 Å². The summed E-state index contributed by atoms with van der Waals surface area (Å²) in [5.74, 6) is -2.62. The number of thioether (sulfide) groups is 1. The number of rotatable bonds is 6. The van der Waals surface area contributed by atoms with Crippen molar-refractivity contribution >= 4 is 86.3 Å². The SMILES string of the molecule is C=CC1CSC2=[N+](C(=O)C2NC(=O)C(=NOC)c2csc(N)n2)C1C(=O)[O-].[NaH]. The number of aliphatic carboxylic acids is 1. The van der Waals surface area contributed by atoms with Gasteiger partial charge in [-0.1, -0.05) is 23.0 Å². The molecule has 1 aromatic heterocycles. The van der Waals surface area contributed by atoms with Gasteiger partial charge in [0.1, 0.15) is 18.8 Å². The summed E-state index contributed by atoms with van der Waals surface area (Å²) < 4.78 is 1.13. The van der Waals surface area contributed by atoms with Crippen LogP contribution in [-0.2, 0) is 19.2 Å². The number of amides is 2. The van der Waals surface area contributed by atoms with Crippen LogP contribution in [0.4, 0.5) is 5.13 Å². The first-order valence-electron chi connectivity index (χ1n) is 7.68. The number of carbonyl (C=O) groups excluding carboxylic acids is 3. The second-order valence-electron chi connectivity index (χ2n) is 5.62. The van der Waals surface area contributed by atoms with Gasteiger partial charge in [-0.25, -0.2) is 9.78 Å². The number of nitrogen functional groups attached to an aromatic ring is 1. The average Bonchev–Trinajstić information content (AvgIpc) is 3.08. The van der Waals surface area contributed by atoms with Crippen LogP contribution in [0.2, 0.25) is 0 Å². The van der Waals surface area contributed by atoms with Crippen LogP contribution in [0.1, 0.15) is 5.69 Å². The summed E-state index contributed by atoms with van der Waals surface area (Å²) in [4.78, 5) is 45.2. The molecule has 3 unspecified atom stereocenters. The number of carboxylic acid groups (broad SMARTS) is 1. The number of aromatic nitrogens is 1. The number of nitrogens with one attached hydrogen (secondary N) is 1. The van der Waals surface area contributed by atoms with Crippen LogP contribution >= 0.6 is 23.1 Å². The van der Waals surface area contributed by atoms with Crippen LogP contribution in [0, 0.1) is 5.92 Å². The number of carbonyl (C=O) groups is 3. The number of anilines is 1. The van der Waals surface area contributed by atoms with Gasteiger partial charge in [0.25, 0.3) is 11.0 Å². The molecule has 10 nitrogen and oxygen atoms in total. The van der Waals surface area contributed by atoms with Gasteiger partial charge in [-0.05, 0) is 0 Å². The van der Waals surface area contributed by atoms with Crippen molar-refractivity contribution in [3.63, 3.8) is 0 Å². The quantitative estimate of drug-likeness (QED) is 0.165. The number of nitrogens with zero attached hydrogens (tertiary/aromatic N) is 3. The Morgan fingerprint density at radius 2 is 2.29 bits per heavy atom. The molecule has 0 saturated heterocycles. The molecule has 0 fully saturated rings. The molecule has 2 amide bonds. The third kappa shape index (κ3) is 4.01. The fourth-order valence-electron chi connectivity index (χ4n) is 2.81. The Kier molecular flexibility index (Phi) is 7.39. The molecule has 0 aromatic carbocycles. The summed E-state index contributed by atoms with van der Waals surface area (Å²) in [6, 6.07) is -2.10. The van der Waals surface area contributed by atoms with Gasteiger partial charge in [-0.15, -0.1) is 22.5 Å². The minimum atomic E-state index is -1.37. The van der Waals surface area contributed by atoms with E-state index in [1.807, 2.05) is 0 Å². The van der Waals surface area contributed by atoms with Gasteiger partial charge >= 0.3 is 35.5 Å². The molecule has 0 saturated carbocycles. The molecule has 0 aliphatic carbocycles. The van der Waals surface area contributed by atoms with E-state index in [1.165, 1.54) is 30.3 Å². The van der Waals surface area contributed by atoms with Crippen molar-refractivity contribution < 1.29 is 28.9 Å². The van der Waals surface area contributed by atoms with Crippen LogP contribution in [0.15, 0.2) is 23.2 Å². The molecule has 3 N–H and O–H groups in total. The topological polar surface area (TPSA) is 150 Å². The van der Waals surface area contributed by atoms with E-state index in [2.05, 4.69) is 26.9 Å². The standard InChI is InChI=1S/C15H15N5O5S2.Na.H/c1-3-6-4-26-13-9(12(22)20(13)10(6)14(23)24)18-11(21)8(19-25-2)7-5-27-15(16)17-7;;/h3,5-6,9-10H,1,4H2,2H3,(H3-,16,17,18,21,23,24);;. The number of carboxylic acids is 1. The predicted octanol–water partition coefficient (Wildman–Crippen LogP) is -2.47. The van der Waals surface area contributed by atoms with Crippen molar-refractivity contribution in [3.05, 3.63) is 23.7 Å². The van der Waals surface area contributed by atoms with Crippen LogP contribution in [0.25, 0.3) is 0 Å². The van der Waals surface area contributed by atoms with E-state index in [0.717, 1.165) is 15.9 Å². The molecule has 3 rings (SSSR count). The summed E-state index contributed by atoms with van der Waals surface area (Å²) >= 11 is 2.41. The van der Waals surface area contributed by atoms with Crippen molar-refractivity contribution in [2.24, 2.45) is 11.1 Å². The zero-order valence-corrected chi connectivity index (χ0v) is 15.7. The van der Waals surface area contributed by atoms with Crippen LogP contribution in [-0.4, -0.2) is 92.6 Å². The average molecular weight is 433 g/mol. The molecule has 0 radical (unpaired) electrons. The molecule has 144 valence electrons. The van der Waals surface area contributed by atoms with Crippen LogP contribution in [0.3, 0.4) is 0 Å². The van der Waals surface area contributed by atoms with E-state index in [4.69, 9.17) is 5.73 Å². The first kappa shape index (κ1) is 22.6. The minimum absolute atomic E-state index is 0. The van der Waals surface area contributed by atoms with Gasteiger partial charge in [0.05, 0.1) is 5.92 Å². The second-order valence-corrected chi connectivity index (χ2v) is 7.55. The molecule has 28 heavy (non-hydrogen) atoms. The van der Waals surface area contributed by atoms with Gasteiger partial charge in [0, 0.05) is 11.1 Å². The van der Waals surface area contributed by atoms with Crippen molar-refractivity contribution in [3.8, 4) is 0 Å². The fourth-order valence-corrected chi connectivity index (χ4v) is 4.71. The first-order chi connectivity index (χ1) is 12.9. The predicted molar refractivity (Wildman–Crippen MR) is 104 cm³/mol. The van der Waals surface area contributed by atoms with Gasteiger partial charge in [0.2, 0.25) is 12.1 Å². The molecule has 3 heterocycles. The number of thiazole rings is 1. The summed E-state index contributed by atoms with van der Waals surface area (Å²) in [6.45, 7) is 3.61. The molecule has 3 atom stereocenters. The van der Waals surface area contributed by atoms with Crippen molar-refractivity contribution in [1.29, 1.82) is 0 Å². The van der Waals surface area contributed by atoms with Crippen molar-refractivity contribution in [2.75, 3.05) is 18.6 Å². The van der Waals surface area contributed by atoms with E-state index < -0.39 is 35.8 Å². The van der Waals surface area contributed by atoms with Crippen LogP contribution in [0.5, 0.6) is 0 Å². The Labute approximate surface area is 190 Å². The van der Waals surface area contributed by atoms with E-state index in [-0.39, 0.29) is 46.1 Å². The van der Waals surface area contributed by atoms with E-state index in [1.54, 1.807) is 0 Å². The summed E-state index contributed by atoms with van der Waals surface area (Å²) in [6.07, 6.45) is 1.49. The van der Waals surface area contributed by atoms with E-state index in [0.29, 0.717) is 10.8 Å². The van der Waals surface area contributed by atoms with E-state index >= 15 is 0 Å². The number of hydrogen-bond donors (Lipinski definition) is 2. The normalized spacial score (nSPS) is 23.8. The number of hydrogen-bond acceptors (Lipinski definition) is 10. The number of nitrogens with two attached hydrogens (primary N) is 1. The number of oxime groups is 1. The Morgan fingerprint density at radius 3 is 2.82 bits per heavy atom. The summed E-state index contributed by atoms with van der Waals surface area (Å²) in [5, 5.41) is 19.9. The molecule has 2 aliphatic rings. The summed E-state index contributed by atoms with van der Waals surface area (Å²) in [7, 11) is 1.27. The maximum atomic E-state index is 12.6. The molecule has 13 heteroatoms. The van der Waals surface area contributed by atoms with E-state index in [9.17, 15) is 19.5 Å². The molecular formula is C15H16N5NaO5S2. The van der Waals surface area contributed by atoms with Gasteiger partial charge in [0.15, 0.2) is 10.8 Å². The Bertz CT molecular complexity index is 899. The Hall–Kier alpha value is -1.73. The molecule has 1 aromatic rings. The molecule has 0 spiro atoms. The van der Waals surface area contributed by atoms with Crippen LogP contribution < -0.4 is 16.2 Å². The zero-order valence-electron chi connectivity index (χ0n) is 14.1. The first-order valence-corrected chi connectivity index (χ1v) is 9.55. The van der Waals surface area contributed by atoms with Crippen molar-refractivity contribution in [1.82, 2.24) is 10.3 Å². The molecule has 2 aliphatic heterocycles.